The van der Waals surface area contributed by atoms with E-state index in [2.05, 4.69) is 63.8 Å². The van der Waals surface area contributed by atoms with Crippen molar-refractivity contribution in [2.24, 2.45) is 0 Å². The number of amides is 8. The second kappa shape index (κ2) is 50.3. The molecule has 8 heterocycles. The Morgan fingerprint density at radius 1 is 0.250 bits per heavy atom. The maximum absolute atomic E-state index is 13.6. The van der Waals surface area contributed by atoms with Crippen LogP contribution in [-0.2, 0) is 105 Å². The largest absolute Gasteiger partial charge is 0.394 e. The van der Waals surface area contributed by atoms with E-state index >= 15 is 0 Å². The van der Waals surface area contributed by atoms with E-state index < -0.39 is 345 Å². The summed E-state index contributed by atoms with van der Waals surface area (Å²) in [5, 5.41) is 229. The van der Waals surface area contributed by atoms with Crippen molar-refractivity contribution in [3.8, 4) is 0 Å². The fraction of sp³-hybridized carbons (Fsp3) is 0.865. The number of hydrogen-bond acceptors (Lipinski definition) is 42. The van der Waals surface area contributed by atoms with Crippen molar-refractivity contribution in [1.29, 1.82) is 0 Å². The van der Waals surface area contributed by atoms with Gasteiger partial charge in [0.2, 0.25) is 47.3 Å². The molecule has 8 fully saturated rings. The second-order valence-electron chi connectivity index (χ2n) is 32.2. The Morgan fingerprint density at radius 3 is 0.664 bits per heavy atom. The van der Waals surface area contributed by atoms with Crippen LogP contribution in [-0.4, -0.2) is 460 Å². The molecular weight excluding hydrogens is 1760 g/mol. The van der Waals surface area contributed by atoms with E-state index in [0.29, 0.717) is 38.5 Å². The number of aliphatic hydroxyl groups excluding tert-OH is 18. The topological polar surface area (TPSA) is 774 Å². The van der Waals surface area contributed by atoms with Gasteiger partial charge in [0.25, 0.3) is 0 Å². The van der Waals surface area contributed by atoms with Crippen LogP contribution in [0.1, 0.15) is 93.9 Å². The summed E-state index contributed by atoms with van der Waals surface area (Å²) >= 11 is 11.7. The van der Waals surface area contributed by atoms with Gasteiger partial charge < -0.3 is 222 Å². The van der Waals surface area contributed by atoms with Crippen LogP contribution in [0.15, 0.2) is 0 Å². The molecule has 30 N–H and O–H groups in total. The Morgan fingerprint density at radius 2 is 0.445 bits per heavy atom. The van der Waals surface area contributed by atoms with Crippen LogP contribution in [0, 0.1) is 0 Å². The Bertz CT molecular complexity index is 3380. The van der Waals surface area contributed by atoms with Crippen molar-refractivity contribution >= 4 is 81.9 Å². The number of hydrogen-bond donors (Lipinski definition) is 30. The minimum Gasteiger partial charge on any atom is -0.394 e. The standard InChI is InChI=1S/C74H126N12O40S2/c1-25(93)77-41-55(107)49(101)33(17-87)117-67(41)113-23-39-61(123-69-43(79-27(3)95)57(109)51(103)35(19-89)119-69)63(125-71-45(81-29(5)97)59(111)53(105)37(21-91)121-71)47(83-31(7)99)65(115-39)85-73(127)75-15-13-11-9-10-12-14-16-76-74(128)86-66-48(84-32(8)100)64(126-72-46(82-30(6)98)60(112)54(106)38(22-92)122-72)62(124-70-44(80-28(4)96)58(110)52(104)36(20-90)120-70)40(116-66)24-114-68-42(78-26(2)94)56(108)50(102)34(18-88)118-68/h33-72,87-92,101-112H,9-24H2,1-8H3,(H,77,93)(H,78,94)(H,79,95)(H,80,96)(H,81,97)(H,82,98)(H,83,99)(H,84,100)(H2,75,85,127)(H2,76,86,128)/t33-,34-,35-,36-,37-,38-,39-,40-,41-,42-,43-,44-,45-,46-,47-,48-,49-,50-,51-,52-,53-,54-,55-,56-,57-,58-,59-,60-,61-,62-,63-,64-,65-,66-,67-,68-,69+,70+,71+,72+/m1/s1. The third-order valence-corrected chi connectivity index (χ3v) is 22.9. The maximum atomic E-state index is 13.6. The maximum Gasteiger partial charge on any atom is 0.217 e. The van der Waals surface area contributed by atoms with Gasteiger partial charge in [0.1, 0.15) is 195 Å². The lowest BCUT2D eigenvalue weighted by molar-refractivity contribution is -0.348. The molecular formula is C74H126N12O40S2. The normalized spacial score (nSPS) is 40.2. The second-order valence-corrected chi connectivity index (χ2v) is 33.0. The molecule has 0 aromatic rings. The molecule has 128 heavy (non-hydrogen) atoms. The molecule has 0 saturated carbocycles. The molecule has 0 bridgehead atoms. The quantitative estimate of drug-likeness (QED) is 0.0201. The highest BCUT2D eigenvalue weighted by molar-refractivity contribution is 7.80. The summed E-state index contributed by atoms with van der Waals surface area (Å²) < 4.78 is 88.2. The molecule has 8 aliphatic heterocycles. The average Bonchev–Trinajstić information content (AvgIpc) is 0.760. The number of aliphatic hydroxyl groups is 18. The summed E-state index contributed by atoms with van der Waals surface area (Å²) in [4.78, 5) is 104. The van der Waals surface area contributed by atoms with Gasteiger partial charge in [-0.15, -0.1) is 0 Å². The fourth-order valence-electron chi connectivity index (χ4n) is 16.1. The molecule has 8 saturated heterocycles. The lowest BCUT2D eigenvalue weighted by Crippen LogP contribution is -2.73. The zero-order valence-corrected chi connectivity index (χ0v) is 72.9. The highest BCUT2D eigenvalue weighted by atomic mass is 32.1. The first-order valence-corrected chi connectivity index (χ1v) is 42.6. The molecule has 8 aliphatic rings. The molecule has 52 nitrogen and oxygen atoms in total. The van der Waals surface area contributed by atoms with Crippen LogP contribution in [0.4, 0.5) is 0 Å². The third-order valence-electron chi connectivity index (χ3n) is 22.4. The summed E-state index contributed by atoms with van der Waals surface area (Å²) in [5.74, 6) is -6.24. The van der Waals surface area contributed by atoms with Gasteiger partial charge in [0.15, 0.2) is 60.4 Å². The van der Waals surface area contributed by atoms with Crippen molar-refractivity contribution in [1.82, 2.24) is 63.8 Å². The predicted molar refractivity (Wildman–Crippen MR) is 431 cm³/mol. The molecule has 8 amide bonds. The van der Waals surface area contributed by atoms with Crippen LogP contribution in [0.25, 0.3) is 0 Å². The lowest BCUT2D eigenvalue weighted by atomic mass is 9.92. The highest BCUT2D eigenvalue weighted by Gasteiger charge is 2.60. The van der Waals surface area contributed by atoms with E-state index in [9.17, 15) is 130 Å². The Balaban J connectivity index is 1.01. The summed E-state index contributed by atoms with van der Waals surface area (Å²) in [5.41, 5.74) is 0. The van der Waals surface area contributed by atoms with Gasteiger partial charge in [0.05, 0.1) is 52.9 Å². The monoisotopic (exact) mass is 1890 g/mol. The fourth-order valence-corrected chi connectivity index (χ4v) is 16.6. The smallest absolute Gasteiger partial charge is 0.217 e. The van der Waals surface area contributed by atoms with Gasteiger partial charge in [-0.25, -0.2) is 0 Å². The van der Waals surface area contributed by atoms with E-state index in [4.69, 9.17) is 90.8 Å². The lowest BCUT2D eigenvalue weighted by Gasteiger charge is -2.52. The predicted octanol–water partition coefficient (Wildman–Crippen LogP) is -16.0. The molecule has 734 valence electrons. The third kappa shape index (κ3) is 28.2. The molecule has 0 aromatic carbocycles. The van der Waals surface area contributed by atoms with Gasteiger partial charge in [-0.05, 0) is 37.3 Å². The van der Waals surface area contributed by atoms with Crippen molar-refractivity contribution < 1.29 is 197 Å². The van der Waals surface area contributed by atoms with E-state index in [1.807, 2.05) is 0 Å². The SMILES string of the molecule is CC(=O)N[C@@H]1[C@@H](O[C@@H]2O[C@H](CO)[C@@H](O)[C@H](O)[C@H]2NC(C)=O)[C@H](O[C@@H]2O[C@H](CO)[C@@H](O)[C@H](O)[C@H]2NC(C)=O)[C@@H](CO[C@@H]2O[C@H](CO)[C@@H](O)[C@H](O)[C@H]2NC(C)=O)O[C@H]1NC(=S)NCCCCCCCCNC(=S)N[C@@H]1O[C@H](CO[C@@H]2O[C@H](CO)[C@@H](O)[C@H](O)[C@H]2NC(C)=O)[C@@H](O[C@@H]2O[C@H](CO)[C@@H](O)[C@H](O)[C@H]2NC(C)=O)[C@H](O[C@@H]2O[C@H](CO)[C@@H](O)[C@H](O)[C@H]2NC(C)=O)[C@H]1NC(C)=O. The van der Waals surface area contributed by atoms with Crippen LogP contribution in [0.2, 0.25) is 0 Å². The molecule has 40 atom stereocenters. The van der Waals surface area contributed by atoms with E-state index in [1.54, 1.807) is 0 Å². The molecule has 0 radical (unpaired) electrons. The number of thiocarbonyl (C=S) groups is 2. The molecule has 0 aromatic heterocycles. The van der Waals surface area contributed by atoms with Gasteiger partial charge in [0, 0.05) is 68.5 Å². The van der Waals surface area contributed by atoms with E-state index in [-0.39, 0.29) is 23.3 Å². The minimum atomic E-state index is -1.95. The van der Waals surface area contributed by atoms with Crippen molar-refractivity contribution in [2.45, 2.75) is 339 Å². The molecule has 0 spiro atoms. The Kier molecular flexibility index (Phi) is 42.1. The first-order chi connectivity index (χ1) is 60.6. The number of ether oxygens (including phenoxy) is 14. The zero-order valence-electron chi connectivity index (χ0n) is 71.3. The van der Waals surface area contributed by atoms with Crippen LogP contribution < -0.4 is 63.8 Å². The van der Waals surface area contributed by atoms with Gasteiger partial charge in [-0.2, -0.15) is 0 Å². The van der Waals surface area contributed by atoms with Gasteiger partial charge >= 0.3 is 0 Å². The van der Waals surface area contributed by atoms with E-state index in [1.165, 1.54) is 0 Å². The van der Waals surface area contributed by atoms with Crippen molar-refractivity contribution in [3.63, 3.8) is 0 Å². The molecule has 54 heteroatoms. The average molecular weight is 1890 g/mol. The summed E-state index contributed by atoms with van der Waals surface area (Å²) in [6.45, 7) is 1.70. The molecule has 8 rings (SSSR count). The Hall–Kier alpha value is -6.14. The van der Waals surface area contributed by atoms with Crippen LogP contribution in [0.5, 0.6) is 0 Å². The first-order valence-electron chi connectivity index (χ1n) is 41.8. The molecule has 0 unspecified atom stereocenters. The number of nitrogens with one attached hydrogen (secondary N) is 12. The van der Waals surface area contributed by atoms with Gasteiger partial charge in [-0.1, -0.05) is 25.7 Å². The Labute approximate surface area is 744 Å². The summed E-state index contributed by atoms with van der Waals surface area (Å²) in [6, 6.07) is -13.2. The van der Waals surface area contributed by atoms with Crippen LogP contribution in [0.3, 0.4) is 0 Å². The summed E-state index contributed by atoms with van der Waals surface area (Å²) in [7, 11) is 0. The number of carbonyl (C=O) groups excluding carboxylic acids is 8. The number of rotatable bonds is 39. The first kappa shape index (κ1) is 107. The zero-order chi connectivity index (χ0) is 94.6. The van der Waals surface area contributed by atoms with Crippen molar-refractivity contribution in [3.05, 3.63) is 0 Å². The van der Waals surface area contributed by atoms with Gasteiger partial charge in [-0.3, -0.25) is 38.4 Å². The minimum absolute atomic E-state index is 0.140. The number of unbranched alkanes of at least 4 members (excludes halogenated alkanes) is 5. The summed E-state index contributed by atoms with van der Waals surface area (Å²) in [6.07, 6.45) is -54.1. The van der Waals surface area contributed by atoms with E-state index in [0.717, 1.165) is 55.4 Å². The van der Waals surface area contributed by atoms with Crippen molar-refractivity contribution in [2.75, 3.05) is 65.9 Å². The highest BCUT2D eigenvalue weighted by Crippen LogP contribution is 2.38. The number of carbonyl (C=O) groups is 8. The van der Waals surface area contributed by atoms with Crippen LogP contribution >= 0.6 is 24.4 Å². The molecule has 0 aliphatic carbocycles.